The van der Waals surface area contributed by atoms with Crippen molar-refractivity contribution in [2.45, 2.75) is 37.4 Å². The number of carbonyl (C=O) groups excluding carboxylic acids is 1. The highest BCUT2D eigenvalue weighted by Gasteiger charge is 2.44. The fourth-order valence-corrected chi connectivity index (χ4v) is 5.18. The Morgan fingerprint density at radius 1 is 1.14 bits per heavy atom. The van der Waals surface area contributed by atoms with Gasteiger partial charge in [0.2, 0.25) is 0 Å². The zero-order chi connectivity index (χ0) is 26.2. The van der Waals surface area contributed by atoms with Gasteiger partial charge in [-0.15, -0.1) is 0 Å². The van der Waals surface area contributed by atoms with Crippen LogP contribution in [0.2, 0.25) is 0 Å². The summed E-state index contributed by atoms with van der Waals surface area (Å²) in [5.74, 6) is -1.77. The first-order valence-electron chi connectivity index (χ1n) is 12.3. The molecular formula is C26H29F3N6O2. The van der Waals surface area contributed by atoms with Crippen LogP contribution in [0.15, 0.2) is 42.7 Å². The van der Waals surface area contributed by atoms with Gasteiger partial charge in [0.15, 0.2) is 5.69 Å². The zero-order valence-electron chi connectivity index (χ0n) is 20.2. The molecule has 8 nitrogen and oxygen atoms in total. The number of nitrogens with zero attached hydrogens (tertiary/aromatic N) is 3. The van der Waals surface area contributed by atoms with Crippen molar-refractivity contribution in [3.05, 3.63) is 54.0 Å². The number of fused-ring (bicyclic) bond motifs is 1. The quantitative estimate of drug-likeness (QED) is 0.480. The fourth-order valence-electron chi connectivity index (χ4n) is 5.18. The molecule has 4 heterocycles. The van der Waals surface area contributed by atoms with Gasteiger partial charge >= 0.3 is 6.18 Å². The molecule has 196 valence electrons. The predicted molar refractivity (Wildman–Crippen MR) is 135 cm³/mol. The van der Waals surface area contributed by atoms with Crippen LogP contribution in [0.1, 0.15) is 41.2 Å². The van der Waals surface area contributed by atoms with Gasteiger partial charge in [-0.3, -0.25) is 9.78 Å². The Bertz CT molecular complexity index is 1300. The molecule has 2 aliphatic heterocycles. The van der Waals surface area contributed by atoms with Crippen LogP contribution in [0.4, 0.5) is 30.2 Å². The standard InChI is InChI=1S/C26H29F3N6O2/c27-26(28,29)18-11-19(30)14-35(13-18)23-3-6-32-12-22(23)34-25(36)24-20(31)9-17-2-1-16(10-21(17)33-24)15-4-7-37-8-5-15/h1-3,6,9-10,12,15,18-19H,4-5,7-8,11,13-14,30-31H2,(H,34,36)/t18-,19+/m1/s1. The number of alkyl halides is 3. The SMILES string of the molecule is Nc1cc2ccc(C3CCOCC3)cc2nc1C(=O)Nc1cnccc1N1C[C@@H](N)C[C@@H](C(F)(F)F)C1. The van der Waals surface area contributed by atoms with Crippen LogP contribution in [-0.4, -0.2) is 54.4 Å². The summed E-state index contributed by atoms with van der Waals surface area (Å²) >= 11 is 0. The van der Waals surface area contributed by atoms with E-state index in [0.717, 1.165) is 23.8 Å². The lowest BCUT2D eigenvalue weighted by Gasteiger charge is -2.39. The molecule has 37 heavy (non-hydrogen) atoms. The number of hydrogen-bond acceptors (Lipinski definition) is 7. The minimum absolute atomic E-state index is 0.0370. The van der Waals surface area contributed by atoms with Crippen LogP contribution in [0.5, 0.6) is 0 Å². The molecule has 2 aromatic heterocycles. The second kappa shape index (κ2) is 10.1. The summed E-state index contributed by atoms with van der Waals surface area (Å²) in [6.07, 6.45) is 0.213. The van der Waals surface area contributed by atoms with E-state index >= 15 is 0 Å². The smallest absolute Gasteiger partial charge is 0.393 e. The monoisotopic (exact) mass is 514 g/mol. The molecule has 0 spiro atoms. The Hall–Kier alpha value is -3.44. The third-order valence-corrected chi connectivity index (χ3v) is 7.11. The van der Waals surface area contributed by atoms with Gasteiger partial charge in [-0.1, -0.05) is 12.1 Å². The molecule has 11 heteroatoms. The van der Waals surface area contributed by atoms with Gasteiger partial charge in [-0.05, 0) is 48.9 Å². The highest BCUT2D eigenvalue weighted by molar-refractivity contribution is 6.09. The zero-order valence-corrected chi connectivity index (χ0v) is 20.2. The van der Waals surface area contributed by atoms with E-state index in [1.807, 2.05) is 12.1 Å². The number of nitrogen functional groups attached to an aromatic ring is 1. The summed E-state index contributed by atoms with van der Waals surface area (Å²) < 4.78 is 45.8. The second-order valence-electron chi connectivity index (χ2n) is 9.75. The van der Waals surface area contributed by atoms with Crippen molar-refractivity contribution in [2.24, 2.45) is 11.7 Å². The number of halogens is 3. The maximum Gasteiger partial charge on any atom is 0.393 e. The number of piperidine rings is 1. The van der Waals surface area contributed by atoms with Gasteiger partial charge in [0.25, 0.3) is 5.91 Å². The average Bonchev–Trinajstić information content (AvgIpc) is 2.88. The van der Waals surface area contributed by atoms with Crippen molar-refractivity contribution in [3.63, 3.8) is 0 Å². The third-order valence-electron chi connectivity index (χ3n) is 7.11. The van der Waals surface area contributed by atoms with Gasteiger partial charge in [0.1, 0.15) is 0 Å². The molecule has 5 N–H and O–H groups in total. The number of carbonyl (C=O) groups is 1. The number of ether oxygens (including phenoxy) is 1. The predicted octanol–water partition coefficient (Wildman–Crippen LogP) is 4.07. The number of benzene rings is 1. The lowest BCUT2D eigenvalue weighted by atomic mass is 9.91. The molecular weight excluding hydrogens is 485 g/mol. The number of rotatable bonds is 4. The normalized spacial score (nSPS) is 21.2. The number of pyridine rings is 2. The van der Waals surface area contributed by atoms with Gasteiger partial charge in [0.05, 0.1) is 34.7 Å². The summed E-state index contributed by atoms with van der Waals surface area (Å²) in [4.78, 5) is 23.4. The summed E-state index contributed by atoms with van der Waals surface area (Å²) in [7, 11) is 0. The van der Waals surface area contributed by atoms with Crippen LogP contribution in [0, 0.1) is 5.92 Å². The van der Waals surface area contributed by atoms with Crippen LogP contribution >= 0.6 is 0 Å². The van der Waals surface area contributed by atoms with Gasteiger partial charge in [0, 0.05) is 43.9 Å². The molecule has 3 aromatic rings. The summed E-state index contributed by atoms with van der Waals surface area (Å²) in [5, 5.41) is 3.56. The molecule has 2 fully saturated rings. The molecule has 0 saturated carbocycles. The molecule has 2 saturated heterocycles. The fraction of sp³-hybridized carbons (Fsp3) is 0.423. The van der Waals surface area contributed by atoms with Crippen molar-refractivity contribution in [2.75, 3.05) is 42.3 Å². The van der Waals surface area contributed by atoms with Gasteiger partial charge in [-0.2, -0.15) is 13.2 Å². The van der Waals surface area contributed by atoms with Crippen LogP contribution in [-0.2, 0) is 4.74 Å². The lowest BCUT2D eigenvalue weighted by Crippen LogP contribution is -2.51. The maximum atomic E-state index is 13.5. The van der Waals surface area contributed by atoms with Crippen molar-refractivity contribution in [1.82, 2.24) is 9.97 Å². The largest absolute Gasteiger partial charge is 0.397 e. The van der Waals surface area contributed by atoms with E-state index in [1.54, 1.807) is 17.0 Å². The minimum atomic E-state index is -4.36. The number of anilines is 3. The van der Waals surface area contributed by atoms with Gasteiger partial charge < -0.3 is 26.4 Å². The first kappa shape index (κ1) is 25.2. The Balaban J connectivity index is 1.41. The summed E-state index contributed by atoms with van der Waals surface area (Å²) in [6, 6.07) is 8.59. The number of nitrogens with two attached hydrogens (primary N) is 2. The van der Waals surface area contributed by atoms with E-state index in [1.165, 1.54) is 12.4 Å². The first-order valence-corrected chi connectivity index (χ1v) is 12.3. The van der Waals surface area contributed by atoms with Crippen molar-refractivity contribution < 1.29 is 22.7 Å². The highest BCUT2D eigenvalue weighted by Crippen LogP contribution is 2.37. The topological polar surface area (TPSA) is 119 Å². The molecule has 0 radical (unpaired) electrons. The van der Waals surface area contributed by atoms with E-state index in [4.69, 9.17) is 16.2 Å². The second-order valence-corrected chi connectivity index (χ2v) is 9.75. The molecule has 0 bridgehead atoms. The van der Waals surface area contributed by atoms with Crippen molar-refractivity contribution in [1.29, 1.82) is 0 Å². The third kappa shape index (κ3) is 5.47. The van der Waals surface area contributed by atoms with E-state index in [0.29, 0.717) is 30.3 Å². The summed E-state index contributed by atoms with van der Waals surface area (Å²) in [5.41, 5.74) is 14.8. The van der Waals surface area contributed by atoms with E-state index < -0.39 is 24.0 Å². The lowest BCUT2D eigenvalue weighted by molar-refractivity contribution is -0.177. The van der Waals surface area contributed by atoms with Crippen LogP contribution in [0.3, 0.4) is 0 Å². The molecule has 1 aromatic carbocycles. The van der Waals surface area contributed by atoms with Crippen molar-refractivity contribution >= 4 is 33.9 Å². The van der Waals surface area contributed by atoms with E-state index in [-0.39, 0.29) is 36.6 Å². The molecule has 0 aliphatic carbocycles. The average molecular weight is 515 g/mol. The van der Waals surface area contributed by atoms with Crippen molar-refractivity contribution in [3.8, 4) is 0 Å². The number of amides is 1. The molecule has 2 atom stereocenters. The van der Waals surface area contributed by atoms with Crippen LogP contribution in [0.25, 0.3) is 10.9 Å². The Morgan fingerprint density at radius 2 is 1.92 bits per heavy atom. The Morgan fingerprint density at radius 3 is 2.68 bits per heavy atom. The Labute approximate surface area is 212 Å². The minimum Gasteiger partial charge on any atom is -0.397 e. The summed E-state index contributed by atoms with van der Waals surface area (Å²) in [6.45, 7) is 1.40. The first-order chi connectivity index (χ1) is 17.7. The maximum absolute atomic E-state index is 13.5. The van der Waals surface area contributed by atoms with E-state index in [9.17, 15) is 18.0 Å². The Kier molecular flexibility index (Phi) is 6.91. The molecule has 0 unspecified atom stereocenters. The number of aromatic nitrogens is 2. The molecule has 1 amide bonds. The van der Waals surface area contributed by atoms with E-state index in [2.05, 4.69) is 21.4 Å². The highest BCUT2D eigenvalue weighted by atomic mass is 19.4. The molecule has 2 aliphatic rings. The number of hydrogen-bond donors (Lipinski definition) is 3. The number of nitrogens with one attached hydrogen (secondary N) is 1. The van der Waals surface area contributed by atoms with Crippen LogP contribution < -0.4 is 21.7 Å². The van der Waals surface area contributed by atoms with Gasteiger partial charge in [-0.25, -0.2) is 4.98 Å². The molecule has 5 rings (SSSR count).